The van der Waals surface area contributed by atoms with E-state index < -0.39 is 0 Å². The van der Waals surface area contributed by atoms with E-state index >= 15 is 0 Å². The number of benzene rings is 1. The molecule has 1 N–H and O–H groups in total. The van der Waals surface area contributed by atoms with Crippen molar-refractivity contribution in [1.29, 1.82) is 0 Å². The summed E-state index contributed by atoms with van der Waals surface area (Å²) in [5.74, 6) is -0.334. The number of aromatic nitrogens is 1. The maximum Gasteiger partial charge on any atom is 0.241 e. The molecule has 6 heteroatoms. The van der Waals surface area contributed by atoms with Crippen LogP contribution in [-0.2, 0) is 16.0 Å². The summed E-state index contributed by atoms with van der Waals surface area (Å²) in [7, 11) is 0. The zero-order chi connectivity index (χ0) is 20.1. The van der Waals surface area contributed by atoms with Crippen LogP contribution in [0.2, 0.25) is 0 Å². The van der Waals surface area contributed by atoms with Crippen molar-refractivity contribution in [1.82, 2.24) is 15.2 Å². The van der Waals surface area contributed by atoms with E-state index in [4.69, 9.17) is 0 Å². The van der Waals surface area contributed by atoms with Gasteiger partial charge in [-0.2, -0.15) is 0 Å². The number of piperidine rings is 1. The Balaban J connectivity index is 1.74. The molecule has 28 heavy (non-hydrogen) atoms. The Morgan fingerprint density at radius 1 is 1.29 bits per heavy atom. The van der Waals surface area contributed by atoms with Crippen LogP contribution in [0.15, 0.2) is 36.4 Å². The molecule has 2 amide bonds. The quantitative estimate of drug-likeness (QED) is 0.863. The zero-order valence-electron chi connectivity index (χ0n) is 16.4. The first-order valence-electron chi connectivity index (χ1n) is 9.65. The lowest BCUT2D eigenvalue weighted by molar-refractivity contribution is -0.133. The van der Waals surface area contributed by atoms with Crippen molar-refractivity contribution in [3.05, 3.63) is 64.7 Å². The fraction of sp³-hybridized carbons (Fsp3) is 0.409. The summed E-state index contributed by atoms with van der Waals surface area (Å²) in [4.78, 5) is 29.9. The van der Waals surface area contributed by atoms with Crippen LogP contribution in [0.3, 0.4) is 0 Å². The first kappa shape index (κ1) is 20.0. The first-order chi connectivity index (χ1) is 13.4. The molecule has 0 radical (unpaired) electrons. The van der Waals surface area contributed by atoms with Gasteiger partial charge in [0.2, 0.25) is 11.8 Å². The van der Waals surface area contributed by atoms with Crippen molar-refractivity contribution in [2.45, 2.75) is 39.0 Å². The Morgan fingerprint density at radius 3 is 2.82 bits per heavy atom. The van der Waals surface area contributed by atoms with Gasteiger partial charge in [-0.05, 0) is 49.1 Å². The molecule has 2 heterocycles. The molecule has 2 aromatic rings. The van der Waals surface area contributed by atoms with Crippen molar-refractivity contribution in [3.8, 4) is 0 Å². The van der Waals surface area contributed by atoms with Crippen LogP contribution in [0.25, 0.3) is 0 Å². The molecule has 5 nitrogen and oxygen atoms in total. The van der Waals surface area contributed by atoms with Gasteiger partial charge in [0.1, 0.15) is 5.82 Å². The monoisotopic (exact) mass is 383 g/mol. The van der Waals surface area contributed by atoms with Gasteiger partial charge in [-0.15, -0.1) is 0 Å². The Hall–Kier alpha value is -2.76. The van der Waals surface area contributed by atoms with E-state index in [0.717, 1.165) is 29.8 Å². The maximum absolute atomic E-state index is 14.0. The number of halogens is 1. The van der Waals surface area contributed by atoms with E-state index in [1.807, 2.05) is 25.1 Å². The van der Waals surface area contributed by atoms with Gasteiger partial charge in [-0.1, -0.05) is 18.2 Å². The SMILES string of the molecule is CC(=O)NCC(=O)N1CCC[C@H](c2cc(Cc3ccccc3F)cc(C)n2)C1. The molecule has 3 rings (SSSR count). The highest BCUT2D eigenvalue weighted by Gasteiger charge is 2.26. The van der Waals surface area contributed by atoms with Crippen LogP contribution in [0.1, 0.15) is 48.2 Å². The lowest BCUT2D eigenvalue weighted by atomic mass is 9.92. The van der Waals surface area contributed by atoms with Gasteiger partial charge in [-0.25, -0.2) is 4.39 Å². The van der Waals surface area contributed by atoms with Crippen LogP contribution < -0.4 is 5.32 Å². The van der Waals surface area contributed by atoms with Crippen LogP contribution in [0.4, 0.5) is 4.39 Å². The number of hydrogen-bond donors (Lipinski definition) is 1. The van der Waals surface area contributed by atoms with E-state index in [9.17, 15) is 14.0 Å². The summed E-state index contributed by atoms with van der Waals surface area (Å²) in [5.41, 5.74) is 3.53. The summed E-state index contributed by atoms with van der Waals surface area (Å²) < 4.78 is 14.0. The van der Waals surface area contributed by atoms with E-state index in [1.54, 1.807) is 17.0 Å². The minimum Gasteiger partial charge on any atom is -0.347 e. The van der Waals surface area contributed by atoms with Gasteiger partial charge in [0.05, 0.1) is 6.54 Å². The lowest BCUT2D eigenvalue weighted by Gasteiger charge is -2.33. The Kier molecular flexibility index (Phi) is 6.39. The number of likely N-dealkylation sites (tertiary alicyclic amines) is 1. The van der Waals surface area contributed by atoms with E-state index in [-0.39, 0.29) is 30.1 Å². The van der Waals surface area contributed by atoms with Crippen molar-refractivity contribution in [3.63, 3.8) is 0 Å². The standard InChI is InChI=1S/C22H26FN3O2/c1-15-10-17(11-18-6-3-4-8-20(18)23)12-21(25-15)19-7-5-9-26(14-19)22(28)13-24-16(2)27/h3-4,6,8,10,12,19H,5,7,9,11,13-14H2,1-2H3,(H,24,27)/t19-/m0/s1. The minimum atomic E-state index is -0.208. The molecule has 1 aliphatic rings. The molecular weight excluding hydrogens is 357 g/mol. The van der Waals surface area contributed by atoms with Gasteiger partial charge in [0.15, 0.2) is 0 Å². The molecule has 1 atom stereocenters. The smallest absolute Gasteiger partial charge is 0.241 e. The molecule has 1 aromatic heterocycles. The number of nitrogens with one attached hydrogen (secondary N) is 1. The molecule has 1 aromatic carbocycles. The summed E-state index contributed by atoms with van der Waals surface area (Å²) in [5, 5.41) is 2.57. The fourth-order valence-electron chi connectivity index (χ4n) is 3.70. The van der Waals surface area contributed by atoms with Gasteiger partial charge in [-0.3, -0.25) is 14.6 Å². The molecule has 0 bridgehead atoms. The minimum absolute atomic E-state index is 0.0296. The molecule has 0 saturated carbocycles. The number of carbonyl (C=O) groups excluding carboxylic acids is 2. The molecule has 1 saturated heterocycles. The number of nitrogens with zero attached hydrogens (tertiary/aromatic N) is 2. The van der Waals surface area contributed by atoms with Gasteiger partial charge >= 0.3 is 0 Å². The van der Waals surface area contributed by atoms with Gasteiger partial charge < -0.3 is 10.2 Å². The number of rotatable bonds is 5. The van der Waals surface area contributed by atoms with Crippen molar-refractivity contribution >= 4 is 11.8 Å². The highest BCUT2D eigenvalue weighted by molar-refractivity contribution is 5.83. The van der Waals surface area contributed by atoms with Gasteiger partial charge in [0.25, 0.3) is 0 Å². The number of carbonyl (C=O) groups is 2. The molecule has 1 aliphatic heterocycles. The van der Waals surface area contributed by atoms with Crippen molar-refractivity contribution in [2.24, 2.45) is 0 Å². The second-order valence-corrected chi connectivity index (χ2v) is 7.40. The highest BCUT2D eigenvalue weighted by atomic mass is 19.1. The third kappa shape index (κ3) is 5.15. The van der Waals surface area contributed by atoms with E-state index in [0.29, 0.717) is 25.1 Å². The molecule has 0 spiro atoms. The third-order valence-corrected chi connectivity index (χ3v) is 5.07. The second-order valence-electron chi connectivity index (χ2n) is 7.40. The summed E-state index contributed by atoms with van der Waals surface area (Å²) in [6, 6.07) is 10.8. The average molecular weight is 383 g/mol. The predicted octanol–water partition coefficient (Wildman–Crippen LogP) is 2.96. The number of aryl methyl sites for hydroxylation is 1. The number of amides is 2. The number of hydrogen-bond acceptors (Lipinski definition) is 3. The van der Waals surface area contributed by atoms with Crippen LogP contribution in [-0.4, -0.2) is 41.3 Å². The molecule has 1 fully saturated rings. The Morgan fingerprint density at radius 2 is 2.07 bits per heavy atom. The van der Waals surface area contributed by atoms with Crippen LogP contribution in [0.5, 0.6) is 0 Å². The average Bonchev–Trinajstić information content (AvgIpc) is 2.67. The third-order valence-electron chi connectivity index (χ3n) is 5.07. The van der Waals surface area contributed by atoms with Crippen molar-refractivity contribution < 1.29 is 14.0 Å². The number of pyridine rings is 1. The van der Waals surface area contributed by atoms with Gasteiger partial charge in [0, 0.05) is 43.7 Å². The fourth-order valence-corrected chi connectivity index (χ4v) is 3.70. The molecule has 0 aliphatic carbocycles. The van der Waals surface area contributed by atoms with Crippen LogP contribution >= 0.6 is 0 Å². The highest BCUT2D eigenvalue weighted by Crippen LogP contribution is 2.27. The first-order valence-corrected chi connectivity index (χ1v) is 9.65. The molecular formula is C22H26FN3O2. The summed E-state index contributed by atoms with van der Waals surface area (Å²) in [6.45, 7) is 4.66. The largest absolute Gasteiger partial charge is 0.347 e. The molecule has 148 valence electrons. The summed E-state index contributed by atoms with van der Waals surface area (Å²) in [6.07, 6.45) is 2.37. The van der Waals surface area contributed by atoms with Crippen molar-refractivity contribution in [2.75, 3.05) is 19.6 Å². The Bertz CT molecular complexity index is 869. The van der Waals surface area contributed by atoms with Crippen LogP contribution in [0, 0.1) is 12.7 Å². The Labute approximate surface area is 165 Å². The topological polar surface area (TPSA) is 62.3 Å². The van der Waals surface area contributed by atoms with E-state index in [2.05, 4.69) is 10.3 Å². The lowest BCUT2D eigenvalue weighted by Crippen LogP contribution is -2.44. The predicted molar refractivity (Wildman–Crippen MR) is 105 cm³/mol. The normalized spacial score (nSPS) is 16.7. The molecule has 0 unspecified atom stereocenters. The summed E-state index contributed by atoms with van der Waals surface area (Å²) >= 11 is 0. The maximum atomic E-state index is 14.0. The second kappa shape index (κ2) is 8.95. The zero-order valence-corrected chi connectivity index (χ0v) is 16.4. The van der Waals surface area contributed by atoms with E-state index in [1.165, 1.54) is 13.0 Å².